The van der Waals surface area contributed by atoms with Gasteiger partial charge < -0.3 is 9.63 Å². The Morgan fingerprint density at radius 3 is 2.59 bits per heavy atom. The van der Waals surface area contributed by atoms with E-state index in [9.17, 15) is 23.1 Å². The molecule has 0 saturated carbocycles. The molecule has 0 spiro atoms. The number of aromatic nitrogens is 2. The summed E-state index contributed by atoms with van der Waals surface area (Å²) in [7, 11) is 0. The van der Waals surface area contributed by atoms with Crippen molar-refractivity contribution < 1.29 is 27.6 Å². The summed E-state index contributed by atoms with van der Waals surface area (Å²) < 4.78 is 43.3. The van der Waals surface area contributed by atoms with Gasteiger partial charge in [-0.25, -0.2) is 0 Å². The van der Waals surface area contributed by atoms with Crippen molar-refractivity contribution >= 4 is 5.97 Å². The number of nitrogens with zero attached hydrogens (tertiary/aromatic N) is 3. The molecule has 0 fully saturated rings. The summed E-state index contributed by atoms with van der Waals surface area (Å²) in [6, 6.07) is 11.9. The van der Waals surface area contributed by atoms with Crippen molar-refractivity contribution in [1.82, 2.24) is 15.0 Å². The second-order valence-corrected chi connectivity index (χ2v) is 6.85. The monoisotopic (exact) mass is 403 g/mol. The zero-order valence-corrected chi connectivity index (χ0v) is 15.1. The molecule has 2 heterocycles. The van der Waals surface area contributed by atoms with E-state index in [4.69, 9.17) is 4.52 Å². The van der Waals surface area contributed by atoms with Crippen LogP contribution in [0.2, 0.25) is 0 Å². The highest BCUT2D eigenvalue weighted by atomic mass is 19.4. The number of alkyl halides is 3. The summed E-state index contributed by atoms with van der Waals surface area (Å²) in [5.74, 6) is -1.11. The molecule has 9 heteroatoms. The van der Waals surface area contributed by atoms with Crippen molar-refractivity contribution in [3.8, 4) is 11.4 Å². The van der Waals surface area contributed by atoms with Crippen molar-refractivity contribution in [2.24, 2.45) is 0 Å². The van der Waals surface area contributed by atoms with Crippen LogP contribution in [0.5, 0.6) is 0 Å². The summed E-state index contributed by atoms with van der Waals surface area (Å²) in [5, 5.41) is 13.4. The van der Waals surface area contributed by atoms with Crippen molar-refractivity contribution in [1.29, 1.82) is 0 Å². The minimum Gasteiger partial charge on any atom is -0.481 e. The van der Waals surface area contributed by atoms with E-state index in [-0.39, 0.29) is 18.3 Å². The van der Waals surface area contributed by atoms with E-state index in [1.54, 1.807) is 0 Å². The maximum atomic E-state index is 12.7. The van der Waals surface area contributed by atoms with E-state index in [2.05, 4.69) is 10.1 Å². The van der Waals surface area contributed by atoms with E-state index in [0.29, 0.717) is 18.7 Å². The van der Waals surface area contributed by atoms with Crippen molar-refractivity contribution in [3.05, 3.63) is 71.1 Å². The molecule has 1 unspecified atom stereocenters. The van der Waals surface area contributed by atoms with E-state index in [1.165, 1.54) is 12.1 Å². The average Bonchev–Trinajstić information content (AvgIpc) is 3.15. The largest absolute Gasteiger partial charge is 0.481 e. The number of hydrogen-bond donors (Lipinski definition) is 1. The number of aliphatic carboxylic acids is 1. The predicted octanol–water partition coefficient (Wildman–Crippen LogP) is 3.94. The van der Waals surface area contributed by atoms with Gasteiger partial charge in [0.1, 0.15) is 0 Å². The van der Waals surface area contributed by atoms with E-state index in [1.807, 2.05) is 29.2 Å². The van der Waals surface area contributed by atoms with Crippen LogP contribution in [0, 0.1) is 0 Å². The molecule has 6 nitrogen and oxygen atoms in total. The molecule has 4 rings (SSSR count). The molecule has 1 aliphatic rings. The highest BCUT2D eigenvalue weighted by molar-refractivity contribution is 5.77. The molecular formula is C20H16F3N3O3. The van der Waals surface area contributed by atoms with Gasteiger partial charge in [0.2, 0.25) is 11.7 Å². The molecule has 0 radical (unpaired) electrons. The average molecular weight is 403 g/mol. The number of fused-ring (bicyclic) bond motifs is 1. The molecule has 0 aliphatic carbocycles. The number of carboxylic acid groups (broad SMARTS) is 1. The molecular weight excluding hydrogens is 387 g/mol. The van der Waals surface area contributed by atoms with Crippen molar-refractivity contribution in [3.63, 3.8) is 0 Å². The molecule has 1 atom stereocenters. The Labute approximate surface area is 163 Å². The van der Waals surface area contributed by atoms with Gasteiger partial charge in [0.05, 0.1) is 18.0 Å². The maximum absolute atomic E-state index is 12.7. The number of carboxylic acids is 1. The summed E-state index contributed by atoms with van der Waals surface area (Å²) in [4.78, 5) is 17.8. The van der Waals surface area contributed by atoms with Crippen LogP contribution in [0.4, 0.5) is 13.2 Å². The Morgan fingerprint density at radius 2 is 1.90 bits per heavy atom. The number of carbonyl (C=O) groups is 1. The number of benzene rings is 2. The highest BCUT2D eigenvalue weighted by Crippen LogP contribution is 2.31. The molecule has 0 amide bonds. The smallest absolute Gasteiger partial charge is 0.416 e. The molecule has 0 saturated heterocycles. The van der Waals surface area contributed by atoms with Gasteiger partial charge >= 0.3 is 12.1 Å². The Morgan fingerprint density at radius 1 is 1.17 bits per heavy atom. The van der Waals surface area contributed by atoms with Crippen LogP contribution in [-0.2, 0) is 24.1 Å². The molecule has 1 aromatic heterocycles. The number of rotatable bonds is 4. The summed E-state index contributed by atoms with van der Waals surface area (Å²) in [6.07, 6.45) is -4.41. The van der Waals surface area contributed by atoms with Crippen LogP contribution in [0.3, 0.4) is 0 Å². The van der Waals surface area contributed by atoms with Gasteiger partial charge in [0.15, 0.2) is 0 Å². The van der Waals surface area contributed by atoms with E-state index in [0.717, 1.165) is 23.3 Å². The summed E-state index contributed by atoms with van der Waals surface area (Å²) >= 11 is 0. The SMILES string of the molecule is O=C(O)C1CN(Cc2nc(-c3ccc(C(F)(F)F)cc3)no2)Cc2ccccc21. The second kappa shape index (κ2) is 7.32. The van der Waals surface area contributed by atoms with Gasteiger partial charge in [0, 0.05) is 18.7 Å². The molecule has 1 aliphatic heterocycles. The predicted molar refractivity (Wildman–Crippen MR) is 95.7 cm³/mol. The first kappa shape index (κ1) is 19.1. The molecule has 2 aromatic carbocycles. The number of halogens is 3. The minimum atomic E-state index is -4.41. The first-order valence-electron chi connectivity index (χ1n) is 8.84. The fourth-order valence-electron chi connectivity index (χ4n) is 3.45. The fraction of sp³-hybridized carbons (Fsp3) is 0.250. The van der Waals surface area contributed by atoms with Crippen LogP contribution in [-0.4, -0.2) is 32.7 Å². The lowest BCUT2D eigenvalue weighted by Crippen LogP contribution is -2.36. The molecule has 29 heavy (non-hydrogen) atoms. The quantitative estimate of drug-likeness (QED) is 0.711. The fourth-order valence-corrected chi connectivity index (χ4v) is 3.45. The lowest BCUT2D eigenvalue weighted by molar-refractivity contribution is -0.140. The molecule has 1 N–H and O–H groups in total. The van der Waals surface area contributed by atoms with Crippen LogP contribution < -0.4 is 0 Å². The van der Waals surface area contributed by atoms with Crippen molar-refractivity contribution in [2.75, 3.05) is 6.54 Å². The highest BCUT2D eigenvalue weighted by Gasteiger charge is 2.31. The first-order chi connectivity index (χ1) is 13.8. The van der Waals surface area contributed by atoms with Gasteiger partial charge in [-0.15, -0.1) is 0 Å². The van der Waals surface area contributed by atoms with Gasteiger partial charge in [-0.1, -0.05) is 41.6 Å². The third kappa shape index (κ3) is 4.00. The molecule has 3 aromatic rings. The third-order valence-corrected chi connectivity index (χ3v) is 4.86. The zero-order chi connectivity index (χ0) is 20.6. The minimum absolute atomic E-state index is 0.181. The topological polar surface area (TPSA) is 79.5 Å². The number of hydrogen-bond acceptors (Lipinski definition) is 5. The lowest BCUT2D eigenvalue weighted by Gasteiger charge is -2.31. The normalized spacial score (nSPS) is 17.1. The Kier molecular flexibility index (Phi) is 4.83. The Hall–Kier alpha value is -3.20. The van der Waals surface area contributed by atoms with Crippen LogP contribution >= 0.6 is 0 Å². The molecule has 150 valence electrons. The second-order valence-electron chi connectivity index (χ2n) is 6.85. The maximum Gasteiger partial charge on any atom is 0.416 e. The Bertz CT molecular complexity index is 1030. The standard InChI is InChI=1S/C20H16F3N3O3/c21-20(22,23)14-7-5-12(6-8-14)18-24-17(29-25-18)11-26-9-13-3-1-2-4-15(13)16(10-26)19(27)28/h1-8,16H,9-11H2,(H,27,28). The van der Waals surface area contributed by atoms with Crippen molar-refractivity contribution in [2.45, 2.75) is 25.2 Å². The summed E-state index contributed by atoms with van der Waals surface area (Å²) in [6.45, 7) is 1.08. The van der Waals surface area contributed by atoms with Gasteiger partial charge in [-0.3, -0.25) is 9.69 Å². The van der Waals surface area contributed by atoms with Gasteiger partial charge in [-0.2, -0.15) is 18.2 Å². The lowest BCUT2D eigenvalue weighted by atomic mass is 9.90. The van der Waals surface area contributed by atoms with E-state index < -0.39 is 23.6 Å². The Balaban J connectivity index is 1.50. The van der Waals surface area contributed by atoms with Crippen LogP contribution in [0.1, 0.15) is 28.5 Å². The van der Waals surface area contributed by atoms with Crippen LogP contribution in [0.15, 0.2) is 53.1 Å². The van der Waals surface area contributed by atoms with E-state index >= 15 is 0 Å². The molecule has 0 bridgehead atoms. The first-order valence-corrected chi connectivity index (χ1v) is 8.84. The van der Waals surface area contributed by atoms with Gasteiger partial charge in [-0.05, 0) is 23.3 Å². The summed E-state index contributed by atoms with van der Waals surface area (Å²) in [5.41, 5.74) is 1.37. The third-order valence-electron chi connectivity index (χ3n) is 4.86. The van der Waals surface area contributed by atoms with Gasteiger partial charge in [0.25, 0.3) is 0 Å². The zero-order valence-electron chi connectivity index (χ0n) is 15.1. The van der Waals surface area contributed by atoms with Crippen LogP contribution in [0.25, 0.3) is 11.4 Å².